The minimum atomic E-state index is 0.789. The summed E-state index contributed by atoms with van der Waals surface area (Å²) in [4.78, 5) is 13.9. The van der Waals surface area contributed by atoms with E-state index in [0.717, 1.165) is 117 Å². The average molecular weight is 892 g/mol. The quantitative estimate of drug-likeness (QED) is 0.173. The number of ether oxygens (including phenoxy) is 1. The maximum Gasteiger partial charge on any atom is 0.151 e. The molecule has 0 atom stereocenters. The van der Waals surface area contributed by atoms with Gasteiger partial charge in [0.1, 0.15) is 0 Å². The highest BCUT2D eigenvalue weighted by Gasteiger charge is 2.35. The zero-order valence-electron chi connectivity index (χ0n) is 37.5. The van der Waals surface area contributed by atoms with E-state index in [2.05, 4.69) is 238 Å². The molecular formula is C64H37N5O. The summed E-state index contributed by atoms with van der Waals surface area (Å²) in [7, 11) is 0. The van der Waals surface area contributed by atoms with Crippen molar-refractivity contribution in [2.24, 2.45) is 0 Å². The van der Waals surface area contributed by atoms with E-state index in [1.54, 1.807) is 0 Å². The lowest BCUT2D eigenvalue weighted by molar-refractivity contribution is 0.477. The summed E-state index contributed by atoms with van der Waals surface area (Å²) in [5.41, 5.74) is 20.1. The lowest BCUT2D eigenvalue weighted by Gasteiger charge is -2.33. The molecule has 15 aromatic rings. The lowest BCUT2D eigenvalue weighted by atomic mass is 10.0. The van der Waals surface area contributed by atoms with Crippen molar-refractivity contribution in [2.75, 3.05) is 4.90 Å². The number of rotatable bonds is 5. The van der Waals surface area contributed by atoms with Gasteiger partial charge in [-0.25, -0.2) is 9.97 Å². The van der Waals surface area contributed by atoms with E-state index in [-0.39, 0.29) is 0 Å². The van der Waals surface area contributed by atoms with Crippen molar-refractivity contribution in [3.8, 4) is 56.3 Å². The molecule has 0 bridgehead atoms. The van der Waals surface area contributed by atoms with Gasteiger partial charge in [-0.15, -0.1) is 0 Å². The highest BCUT2D eigenvalue weighted by Crippen LogP contribution is 2.57. The number of para-hydroxylation sites is 4. The Morgan fingerprint density at radius 3 is 1.14 bits per heavy atom. The number of hydrogen-bond donors (Lipinski definition) is 0. The fourth-order valence-corrected chi connectivity index (χ4v) is 11.7. The fraction of sp³-hybridized carbons (Fsp3) is 0. The van der Waals surface area contributed by atoms with E-state index in [1.165, 1.54) is 33.0 Å². The van der Waals surface area contributed by atoms with Gasteiger partial charge >= 0.3 is 0 Å². The molecule has 0 amide bonds. The summed E-state index contributed by atoms with van der Waals surface area (Å²) in [6.07, 6.45) is 0. The largest absolute Gasteiger partial charge is 0.453 e. The molecule has 70 heavy (non-hydrogen) atoms. The zero-order chi connectivity index (χ0) is 45.6. The molecule has 9 aromatic carbocycles. The smallest absolute Gasteiger partial charge is 0.151 e. The van der Waals surface area contributed by atoms with Crippen molar-refractivity contribution in [3.63, 3.8) is 0 Å². The second kappa shape index (κ2) is 14.0. The van der Waals surface area contributed by atoms with Crippen molar-refractivity contribution >= 4 is 93.5 Å². The first-order valence-corrected chi connectivity index (χ1v) is 23.8. The number of nitrogens with zero attached hydrogens (tertiary/aromatic N) is 5. The third-order valence-electron chi connectivity index (χ3n) is 14.7. The van der Waals surface area contributed by atoms with Crippen LogP contribution in [0.15, 0.2) is 224 Å². The first-order valence-electron chi connectivity index (χ1n) is 23.8. The van der Waals surface area contributed by atoms with E-state index < -0.39 is 0 Å². The molecule has 0 spiro atoms. The van der Waals surface area contributed by atoms with Gasteiger partial charge in [-0.05, 0) is 89.0 Å². The van der Waals surface area contributed by atoms with Crippen LogP contribution >= 0.6 is 0 Å². The van der Waals surface area contributed by atoms with Crippen LogP contribution in [0.25, 0.3) is 121 Å². The van der Waals surface area contributed by atoms with Gasteiger partial charge in [0, 0.05) is 43.4 Å². The number of fused-ring (bicyclic) bond motifs is 14. The normalized spacial score (nSPS) is 12.7. The van der Waals surface area contributed by atoms with E-state index in [4.69, 9.17) is 14.7 Å². The van der Waals surface area contributed by atoms with Crippen LogP contribution in [-0.2, 0) is 0 Å². The Bertz CT molecular complexity index is 4310. The van der Waals surface area contributed by atoms with Crippen LogP contribution in [0.5, 0.6) is 11.5 Å². The van der Waals surface area contributed by atoms with Gasteiger partial charge in [0.15, 0.2) is 11.5 Å². The molecule has 6 aromatic heterocycles. The molecule has 7 heterocycles. The van der Waals surface area contributed by atoms with E-state index in [0.29, 0.717) is 0 Å². The summed E-state index contributed by atoms with van der Waals surface area (Å²) in [5.74, 6) is 1.58. The average Bonchev–Trinajstić information content (AvgIpc) is 4.16. The molecule has 16 rings (SSSR count). The van der Waals surface area contributed by atoms with Gasteiger partial charge in [-0.2, -0.15) is 0 Å². The maximum atomic E-state index is 6.78. The molecule has 6 heteroatoms. The molecule has 0 aliphatic carbocycles. The standard InChI is InChI=1S/C64H37N5O/c1-5-17-38(18-6-1)42-29-31-52-44(33-42)46-36-50(40-21-9-3-10-22-40)65-58-48-35-49-59-61-47(37-51(66-59)41-23-11-4-12-24-41)45-34-43(39-19-7-2-8-20-39)30-32-53(45)69(61)63(49)64(62(48)68(52)60(46)58)67-54-25-13-15-27-56(54)70-57-28-16-14-26-55(57)67/h1-37H. The number of anilines is 3. The minimum Gasteiger partial charge on any atom is -0.453 e. The molecule has 0 radical (unpaired) electrons. The summed E-state index contributed by atoms with van der Waals surface area (Å²) in [6, 6.07) is 80.4. The van der Waals surface area contributed by atoms with Crippen molar-refractivity contribution in [1.29, 1.82) is 0 Å². The van der Waals surface area contributed by atoms with Gasteiger partial charge < -0.3 is 13.5 Å². The number of aromatic nitrogens is 4. The van der Waals surface area contributed by atoms with E-state index >= 15 is 0 Å². The van der Waals surface area contributed by atoms with Crippen LogP contribution in [0.4, 0.5) is 17.1 Å². The summed E-state index contributed by atoms with van der Waals surface area (Å²) >= 11 is 0. The predicted octanol–water partition coefficient (Wildman–Crippen LogP) is 17.0. The SMILES string of the molecule is c1ccc(-c2ccc3c(c2)c2cc(-c4ccccc4)nc4c5cc6c7nc(-c8ccccc8)cc8c9cc(-c%10ccccc%10)ccc9n(c6c(N6c9ccccc9Oc9ccccc96)c5n3c24)c87)cc1. The summed E-state index contributed by atoms with van der Waals surface area (Å²) in [5, 5.41) is 6.79. The molecular weight excluding hydrogens is 855 g/mol. The minimum absolute atomic E-state index is 0.789. The number of benzene rings is 9. The van der Waals surface area contributed by atoms with E-state index in [9.17, 15) is 0 Å². The van der Waals surface area contributed by atoms with Gasteiger partial charge in [0.2, 0.25) is 0 Å². The third-order valence-corrected chi connectivity index (χ3v) is 14.7. The topological polar surface area (TPSA) is 47.1 Å². The van der Waals surface area contributed by atoms with Gasteiger partial charge in [0.25, 0.3) is 0 Å². The molecule has 0 saturated carbocycles. The molecule has 0 saturated heterocycles. The molecule has 1 aliphatic heterocycles. The van der Waals surface area contributed by atoms with Crippen LogP contribution in [0.3, 0.4) is 0 Å². The summed E-state index contributed by atoms with van der Waals surface area (Å²) < 4.78 is 11.8. The van der Waals surface area contributed by atoms with Crippen molar-refractivity contribution in [2.45, 2.75) is 0 Å². The highest BCUT2D eigenvalue weighted by molar-refractivity contribution is 6.33. The molecule has 0 unspecified atom stereocenters. The van der Waals surface area contributed by atoms with Crippen molar-refractivity contribution in [1.82, 2.24) is 18.8 Å². The van der Waals surface area contributed by atoms with Crippen LogP contribution in [-0.4, -0.2) is 18.8 Å². The Balaban J connectivity index is 1.16. The Morgan fingerprint density at radius 2 is 0.700 bits per heavy atom. The molecule has 6 nitrogen and oxygen atoms in total. The number of pyridine rings is 2. The zero-order valence-corrected chi connectivity index (χ0v) is 37.5. The summed E-state index contributed by atoms with van der Waals surface area (Å²) in [6.45, 7) is 0. The monoisotopic (exact) mass is 891 g/mol. The molecule has 1 aliphatic rings. The Kier molecular flexibility index (Phi) is 7.52. The predicted molar refractivity (Wildman–Crippen MR) is 288 cm³/mol. The first-order chi connectivity index (χ1) is 34.7. The number of hydrogen-bond acceptors (Lipinski definition) is 4. The fourth-order valence-electron chi connectivity index (χ4n) is 11.7. The Labute approximate surface area is 400 Å². The van der Waals surface area contributed by atoms with E-state index in [1.807, 2.05) is 0 Å². The van der Waals surface area contributed by atoms with Gasteiger partial charge in [-0.1, -0.05) is 158 Å². The maximum absolute atomic E-state index is 6.78. The van der Waals surface area contributed by atoms with Crippen LogP contribution < -0.4 is 9.64 Å². The van der Waals surface area contributed by atoms with Gasteiger partial charge in [-0.3, -0.25) is 4.90 Å². The lowest BCUT2D eigenvalue weighted by Crippen LogP contribution is -2.17. The molecule has 0 fully saturated rings. The van der Waals surface area contributed by atoms with Crippen molar-refractivity contribution in [3.05, 3.63) is 224 Å². The van der Waals surface area contributed by atoms with Gasteiger partial charge in [0.05, 0.1) is 72.6 Å². The first kappa shape index (κ1) is 37.6. The van der Waals surface area contributed by atoms with Crippen LogP contribution in [0, 0.1) is 0 Å². The molecule has 324 valence electrons. The van der Waals surface area contributed by atoms with Crippen LogP contribution in [0.1, 0.15) is 0 Å². The van der Waals surface area contributed by atoms with Crippen molar-refractivity contribution < 1.29 is 4.74 Å². The third kappa shape index (κ3) is 5.11. The Morgan fingerprint density at radius 1 is 0.300 bits per heavy atom. The Hall–Kier alpha value is -9.52. The highest BCUT2D eigenvalue weighted by atomic mass is 16.5. The van der Waals surface area contributed by atoms with Crippen LogP contribution in [0.2, 0.25) is 0 Å². The molecule has 0 N–H and O–H groups in total. The second-order valence-corrected chi connectivity index (χ2v) is 18.5. The second-order valence-electron chi connectivity index (χ2n) is 18.5.